The van der Waals surface area contributed by atoms with E-state index in [4.69, 9.17) is 0 Å². The number of fused-ring (bicyclic) bond motifs is 2. The van der Waals surface area contributed by atoms with Gasteiger partial charge in [-0.05, 0) is 18.4 Å². The second kappa shape index (κ2) is 6.31. The van der Waals surface area contributed by atoms with E-state index in [9.17, 15) is 4.79 Å². The largest absolute Gasteiger partial charge is 0.347 e. The van der Waals surface area contributed by atoms with Gasteiger partial charge in [-0.1, -0.05) is 13.8 Å². The maximum absolute atomic E-state index is 12.6. The zero-order chi connectivity index (χ0) is 17.4. The van der Waals surface area contributed by atoms with Gasteiger partial charge in [-0.15, -0.1) is 0 Å². The Labute approximate surface area is 146 Å². The molecule has 1 aliphatic heterocycles. The van der Waals surface area contributed by atoms with E-state index in [2.05, 4.69) is 38.8 Å². The molecule has 0 bridgehead atoms. The van der Waals surface area contributed by atoms with Gasteiger partial charge >= 0.3 is 0 Å². The van der Waals surface area contributed by atoms with Crippen LogP contribution in [0.4, 0.5) is 0 Å². The molecule has 7 heteroatoms. The Balaban J connectivity index is 1.49. The van der Waals surface area contributed by atoms with Crippen molar-refractivity contribution in [3.8, 4) is 0 Å². The van der Waals surface area contributed by atoms with Crippen molar-refractivity contribution in [1.82, 2.24) is 29.6 Å². The normalized spacial score (nSPS) is 17.0. The van der Waals surface area contributed by atoms with Crippen LogP contribution in [0.5, 0.6) is 0 Å². The lowest BCUT2D eigenvalue weighted by Crippen LogP contribution is -2.40. The average molecular weight is 338 g/mol. The van der Waals surface area contributed by atoms with Gasteiger partial charge < -0.3 is 9.88 Å². The number of carbonyl (C=O) groups excluding carboxylic acids is 1. The third-order valence-corrected chi connectivity index (χ3v) is 4.55. The molecule has 4 heterocycles. The standard InChI is InChI=1S/C18H22N6O/c1-12(2)10-24-17-13(9-21-24)7-14(8-20-17)18(25)22-15-3-4-16-19-5-6-23(16)11-15/h5-9,12,15H,3-4,10-11H2,1-2H3,(H,22,25). The zero-order valence-corrected chi connectivity index (χ0v) is 14.5. The number of nitrogens with one attached hydrogen (secondary N) is 1. The minimum Gasteiger partial charge on any atom is -0.347 e. The summed E-state index contributed by atoms with van der Waals surface area (Å²) in [5.41, 5.74) is 1.40. The molecule has 0 saturated carbocycles. The fourth-order valence-electron chi connectivity index (χ4n) is 3.33. The molecule has 4 rings (SSSR count). The molecule has 0 aromatic carbocycles. The van der Waals surface area contributed by atoms with E-state index < -0.39 is 0 Å². The summed E-state index contributed by atoms with van der Waals surface area (Å²) in [6.45, 7) is 5.87. The highest BCUT2D eigenvalue weighted by molar-refractivity contribution is 5.96. The summed E-state index contributed by atoms with van der Waals surface area (Å²) in [6.07, 6.45) is 8.99. The van der Waals surface area contributed by atoms with Crippen molar-refractivity contribution in [1.29, 1.82) is 0 Å². The summed E-state index contributed by atoms with van der Waals surface area (Å²) in [5.74, 6) is 1.50. The van der Waals surface area contributed by atoms with Gasteiger partial charge in [0.1, 0.15) is 5.82 Å². The van der Waals surface area contributed by atoms with Crippen molar-refractivity contribution in [2.45, 2.75) is 45.8 Å². The van der Waals surface area contributed by atoms with Gasteiger partial charge in [-0.3, -0.25) is 4.79 Å². The average Bonchev–Trinajstić information content (AvgIpc) is 3.20. The van der Waals surface area contributed by atoms with Crippen LogP contribution in [0.3, 0.4) is 0 Å². The van der Waals surface area contributed by atoms with Gasteiger partial charge in [-0.2, -0.15) is 5.10 Å². The number of carbonyl (C=O) groups is 1. The van der Waals surface area contributed by atoms with Crippen molar-refractivity contribution in [3.63, 3.8) is 0 Å². The van der Waals surface area contributed by atoms with Crippen molar-refractivity contribution >= 4 is 16.9 Å². The van der Waals surface area contributed by atoms with Crippen LogP contribution in [-0.4, -0.2) is 36.3 Å². The van der Waals surface area contributed by atoms with Crippen molar-refractivity contribution < 1.29 is 4.79 Å². The number of imidazole rings is 1. The molecule has 1 aliphatic rings. The number of aryl methyl sites for hydroxylation is 1. The van der Waals surface area contributed by atoms with Gasteiger partial charge in [0.2, 0.25) is 0 Å². The molecule has 130 valence electrons. The van der Waals surface area contributed by atoms with E-state index in [1.165, 1.54) is 0 Å². The molecular weight excluding hydrogens is 316 g/mol. The molecular formula is C18H22N6O. The van der Waals surface area contributed by atoms with Crippen molar-refractivity contribution in [2.24, 2.45) is 5.92 Å². The Hall–Kier alpha value is -2.70. The molecule has 0 fully saturated rings. The number of hydrogen-bond donors (Lipinski definition) is 1. The first-order valence-electron chi connectivity index (χ1n) is 8.72. The van der Waals surface area contributed by atoms with E-state index >= 15 is 0 Å². The summed E-state index contributed by atoms with van der Waals surface area (Å²) in [6, 6.07) is 1.99. The Morgan fingerprint density at radius 1 is 1.36 bits per heavy atom. The Kier molecular flexibility index (Phi) is 3.99. The monoisotopic (exact) mass is 338 g/mol. The fourth-order valence-corrected chi connectivity index (χ4v) is 3.33. The molecule has 1 atom stereocenters. The van der Waals surface area contributed by atoms with Crippen LogP contribution in [-0.2, 0) is 19.5 Å². The minimum absolute atomic E-state index is 0.0837. The van der Waals surface area contributed by atoms with Crippen LogP contribution in [0.1, 0.15) is 36.5 Å². The van der Waals surface area contributed by atoms with Crippen LogP contribution < -0.4 is 5.32 Å². The quantitative estimate of drug-likeness (QED) is 0.789. The van der Waals surface area contributed by atoms with Crippen LogP contribution in [0.15, 0.2) is 30.9 Å². The second-order valence-electron chi connectivity index (χ2n) is 7.06. The molecule has 0 spiro atoms. The third kappa shape index (κ3) is 3.14. The van der Waals surface area contributed by atoms with Gasteiger partial charge in [0.25, 0.3) is 5.91 Å². The minimum atomic E-state index is -0.0837. The van der Waals surface area contributed by atoms with Crippen molar-refractivity contribution in [2.75, 3.05) is 0 Å². The van der Waals surface area contributed by atoms with E-state index in [-0.39, 0.29) is 11.9 Å². The third-order valence-electron chi connectivity index (χ3n) is 4.55. The topological polar surface area (TPSA) is 77.6 Å². The predicted octanol–water partition coefficient (Wildman–Crippen LogP) is 2.03. The summed E-state index contributed by atoms with van der Waals surface area (Å²) < 4.78 is 4.00. The Bertz CT molecular complexity index is 909. The van der Waals surface area contributed by atoms with Crippen LogP contribution >= 0.6 is 0 Å². The van der Waals surface area contributed by atoms with E-state index in [1.54, 1.807) is 12.4 Å². The number of pyridine rings is 1. The number of rotatable bonds is 4. The Morgan fingerprint density at radius 3 is 3.08 bits per heavy atom. The maximum Gasteiger partial charge on any atom is 0.253 e. The first-order valence-corrected chi connectivity index (χ1v) is 8.72. The highest BCUT2D eigenvalue weighted by Gasteiger charge is 2.21. The summed E-state index contributed by atoms with van der Waals surface area (Å²) in [5, 5.41) is 8.39. The lowest BCUT2D eigenvalue weighted by atomic mass is 10.1. The zero-order valence-electron chi connectivity index (χ0n) is 14.5. The number of aromatic nitrogens is 5. The number of amides is 1. The molecule has 1 unspecified atom stereocenters. The van der Waals surface area contributed by atoms with E-state index in [0.29, 0.717) is 11.5 Å². The van der Waals surface area contributed by atoms with Crippen molar-refractivity contribution in [3.05, 3.63) is 42.2 Å². The highest BCUT2D eigenvalue weighted by Crippen LogP contribution is 2.16. The number of hydrogen-bond acceptors (Lipinski definition) is 4. The summed E-state index contributed by atoms with van der Waals surface area (Å²) in [4.78, 5) is 21.4. The molecule has 0 radical (unpaired) electrons. The van der Waals surface area contributed by atoms with E-state index in [1.807, 2.05) is 23.1 Å². The molecule has 1 N–H and O–H groups in total. The SMILES string of the molecule is CC(C)Cn1ncc2cc(C(=O)NC3CCc4nccn4C3)cnc21. The summed E-state index contributed by atoms with van der Waals surface area (Å²) in [7, 11) is 0. The molecule has 1 amide bonds. The van der Waals surface area contributed by atoms with Crippen LogP contribution in [0.25, 0.3) is 11.0 Å². The van der Waals surface area contributed by atoms with Gasteiger partial charge in [0.15, 0.2) is 5.65 Å². The van der Waals surface area contributed by atoms with E-state index in [0.717, 1.165) is 42.8 Å². The highest BCUT2D eigenvalue weighted by atomic mass is 16.1. The molecule has 3 aromatic rings. The lowest BCUT2D eigenvalue weighted by Gasteiger charge is -2.24. The first kappa shape index (κ1) is 15.8. The molecule has 3 aromatic heterocycles. The summed E-state index contributed by atoms with van der Waals surface area (Å²) >= 11 is 0. The maximum atomic E-state index is 12.6. The Morgan fingerprint density at radius 2 is 2.24 bits per heavy atom. The van der Waals surface area contributed by atoms with Crippen LogP contribution in [0, 0.1) is 5.92 Å². The smallest absolute Gasteiger partial charge is 0.253 e. The van der Waals surface area contributed by atoms with Gasteiger partial charge in [-0.25, -0.2) is 14.6 Å². The van der Waals surface area contributed by atoms with Crippen LogP contribution in [0.2, 0.25) is 0 Å². The lowest BCUT2D eigenvalue weighted by molar-refractivity contribution is 0.0927. The molecule has 0 aliphatic carbocycles. The molecule has 7 nitrogen and oxygen atoms in total. The molecule has 0 saturated heterocycles. The number of nitrogens with zero attached hydrogens (tertiary/aromatic N) is 5. The first-order chi connectivity index (χ1) is 12.1. The second-order valence-corrected chi connectivity index (χ2v) is 7.06. The van der Waals surface area contributed by atoms with Gasteiger partial charge in [0, 0.05) is 49.5 Å². The molecule has 25 heavy (non-hydrogen) atoms. The predicted molar refractivity (Wildman–Crippen MR) is 94.2 cm³/mol. The fraction of sp³-hybridized carbons (Fsp3) is 0.444. The van der Waals surface area contributed by atoms with Gasteiger partial charge in [0.05, 0.1) is 11.8 Å².